The van der Waals surface area contributed by atoms with Gasteiger partial charge in [0.25, 0.3) is 0 Å². The van der Waals surface area contributed by atoms with E-state index in [-0.39, 0.29) is 12.1 Å². The van der Waals surface area contributed by atoms with Crippen molar-refractivity contribution in [1.29, 1.82) is 0 Å². The lowest BCUT2D eigenvalue weighted by atomic mass is 10.0. The van der Waals surface area contributed by atoms with Crippen molar-refractivity contribution in [1.82, 2.24) is 14.4 Å². The summed E-state index contributed by atoms with van der Waals surface area (Å²) in [4.78, 5) is 19.8. The van der Waals surface area contributed by atoms with Gasteiger partial charge in [-0.1, -0.05) is 30.3 Å². The van der Waals surface area contributed by atoms with Crippen LogP contribution in [0.3, 0.4) is 0 Å². The Morgan fingerprint density at radius 1 is 1.03 bits per heavy atom. The third-order valence-corrected chi connectivity index (χ3v) is 8.31. The van der Waals surface area contributed by atoms with Gasteiger partial charge in [0.1, 0.15) is 10.8 Å². The van der Waals surface area contributed by atoms with E-state index in [9.17, 15) is 4.79 Å². The van der Waals surface area contributed by atoms with Gasteiger partial charge in [-0.3, -0.25) is 0 Å². The molecular formula is C29H30N4O2S. The number of hydrogen-bond acceptors (Lipinski definition) is 4. The molecule has 0 fully saturated rings. The molecule has 0 saturated carbocycles. The third kappa shape index (κ3) is 4.08. The van der Waals surface area contributed by atoms with E-state index in [1.165, 1.54) is 21.0 Å². The fourth-order valence-electron chi connectivity index (χ4n) is 5.33. The average Bonchev–Trinajstić information content (AvgIpc) is 3.47. The highest BCUT2D eigenvalue weighted by atomic mass is 32.1. The molecule has 0 spiro atoms. The first-order chi connectivity index (χ1) is 17.6. The number of nitrogens with one attached hydrogen (secondary N) is 1. The number of ether oxygens (including phenoxy) is 1. The first-order valence-electron chi connectivity index (χ1n) is 12.5. The monoisotopic (exact) mass is 498 g/mol. The van der Waals surface area contributed by atoms with E-state index in [1.807, 2.05) is 65.6 Å². The first-order valence-corrected chi connectivity index (χ1v) is 13.3. The standard InChI is InChI=1S/C29H30N4O2S/c1-3-35-22-13-11-21(12-14-22)30-29(34)33-18-24-23-15-17-31(2)19-26(23)36-28(24)32-16-7-10-25(32)27(33)20-8-5-4-6-9-20/h4-14,16,27H,3,15,17-19H2,1-2H3,(H,30,34). The Kier molecular flexibility index (Phi) is 6.03. The number of rotatable bonds is 4. The van der Waals surface area contributed by atoms with E-state index in [2.05, 4.69) is 52.3 Å². The molecule has 0 saturated heterocycles. The van der Waals surface area contributed by atoms with E-state index >= 15 is 0 Å². The van der Waals surface area contributed by atoms with Crippen LogP contribution in [-0.4, -0.2) is 40.6 Å². The summed E-state index contributed by atoms with van der Waals surface area (Å²) < 4.78 is 7.87. The highest BCUT2D eigenvalue weighted by Gasteiger charge is 2.36. The number of anilines is 1. The summed E-state index contributed by atoms with van der Waals surface area (Å²) >= 11 is 1.87. The van der Waals surface area contributed by atoms with Crippen LogP contribution >= 0.6 is 11.3 Å². The van der Waals surface area contributed by atoms with Crippen LogP contribution in [0, 0.1) is 0 Å². The van der Waals surface area contributed by atoms with Gasteiger partial charge < -0.3 is 24.4 Å². The minimum Gasteiger partial charge on any atom is -0.494 e. The van der Waals surface area contributed by atoms with E-state index in [4.69, 9.17) is 4.74 Å². The number of nitrogens with zero attached hydrogens (tertiary/aromatic N) is 3. The van der Waals surface area contributed by atoms with Gasteiger partial charge in [0, 0.05) is 35.4 Å². The summed E-state index contributed by atoms with van der Waals surface area (Å²) in [5.74, 6) is 0.796. The van der Waals surface area contributed by atoms with E-state index in [0.29, 0.717) is 13.2 Å². The summed E-state index contributed by atoms with van der Waals surface area (Å²) in [6, 6.07) is 21.8. The number of thiophene rings is 1. The number of aromatic nitrogens is 1. The molecule has 4 heterocycles. The number of amides is 2. The predicted octanol–water partition coefficient (Wildman–Crippen LogP) is 6.06. The maximum atomic E-state index is 14.0. The molecule has 2 aromatic carbocycles. The van der Waals surface area contributed by atoms with Crippen LogP contribution < -0.4 is 10.1 Å². The van der Waals surface area contributed by atoms with Gasteiger partial charge >= 0.3 is 6.03 Å². The van der Waals surface area contributed by atoms with Crippen LogP contribution in [0.5, 0.6) is 5.75 Å². The number of urea groups is 1. The number of benzene rings is 2. The molecule has 6 nitrogen and oxygen atoms in total. The lowest BCUT2D eigenvalue weighted by Crippen LogP contribution is -2.38. The molecule has 0 aliphatic carbocycles. The summed E-state index contributed by atoms with van der Waals surface area (Å²) in [7, 11) is 2.18. The molecule has 1 unspecified atom stereocenters. The van der Waals surface area contributed by atoms with Crippen molar-refractivity contribution in [2.24, 2.45) is 0 Å². The van der Waals surface area contributed by atoms with Crippen LogP contribution in [0.15, 0.2) is 72.9 Å². The Labute approximate surface area is 215 Å². The van der Waals surface area contributed by atoms with Crippen molar-refractivity contribution in [3.63, 3.8) is 0 Å². The molecular weight excluding hydrogens is 468 g/mol. The van der Waals surface area contributed by atoms with Gasteiger partial charge in [0.2, 0.25) is 0 Å². The smallest absolute Gasteiger partial charge is 0.322 e. The highest BCUT2D eigenvalue weighted by molar-refractivity contribution is 7.15. The number of fused-ring (bicyclic) bond motifs is 5. The molecule has 6 rings (SSSR count). The van der Waals surface area contributed by atoms with Crippen molar-refractivity contribution in [3.05, 3.63) is 100 Å². The highest BCUT2D eigenvalue weighted by Crippen LogP contribution is 2.43. The second-order valence-corrected chi connectivity index (χ2v) is 10.5. The fourth-order valence-corrected chi connectivity index (χ4v) is 6.78. The van der Waals surface area contributed by atoms with E-state index in [0.717, 1.165) is 42.2 Å². The zero-order valence-electron chi connectivity index (χ0n) is 20.6. The Morgan fingerprint density at radius 3 is 2.61 bits per heavy atom. The second-order valence-electron chi connectivity index (χ2n) is 9.41. The van der Waals surface area contributed by atoms with Crippen LogP contribution in [0.4, 0.5) is 10.5 Å². The molecule has 0 radical (unpaired) electrons. The van der Waals surface area contributed by atoms with Crippen molar-refractivity contribution in [2.75, 3.05) is 25.5 Å². The molecule has 0 bridgehead atoms. The van der Waals surface area contributed by atoms with Gasteiger partial charge in [0.05, 0.1) is 24.9 Å². The second kappa shape index (κ2) is 9.48. The SMILES string of the molecule is CCOc1ccc(NC(=O)N2Cc3c(sc4c3CCN(C)C4)-n3cccc3C2c2ccccc2)cc1. The molecule has 184 valence electrons. The van der Waals surface area contributed by atoms with Gasteiger partial charge in [0.15, 0.2) is 0 Å². The molecule has 36 heavy (non-hydrogen) atoms. The summed E-state index contributed by atoms with van der Waals surface area (Å²) in [5, 5.41) is 4.40. The van der Waals surface area contributed by atoms with E-state index < -0.39 is 0 Å². The summed E-state index contributed by atoms with van der Waals surface area (Å²) in [6.07, 6.45) is 3.16. The van der Waals surface area contributed by atoms with E-state index in [1.54, 1.807) is 0 Å². The normalized spacial score (nSPS) is 17.1. The predicted molar refractivity (Wildman–Crippen MR) is 144 cm³/mol. The largest absolute Gasteiger partial charge is 0.494 e. The van der Waals surface area contributed by atoms with Crippen LogP contribution in [-0.2, 0) is 19.5 Å². The molecule has 2 aromatic heterocycles. The summed E-state index contributed by atoms with van der Waals surface area (Å²) in [6.45, 7) is 5.14. The number of likely N-dealkylation sites (N-methyl/N-ethyl adjacent to an activating group) is 1. The van der Waals surface area contributed by atoms with Crippen molar-refractivity contribution >= 4 is 23.1 Å². The van der Waals surface area contributed by atoms with Gasteiger partial charge in [-0.2, -0.15) is 0 Å². The minimum atomic E-state index is -0.203. The molecule has 2 aliphatic rings. The molecule has 4 aromatic rings. The van der Waals surface area contributed by atoms with Gasteiger partial charge in [-0.05, 0) is 67.9 Å². The Hall–Kier alpha value is -3.55. The van der Waals surface area contributed by atoms with Crippen molar-refractivity contribution < 1.29 is 9.53 Å². The maximum absolute atomic E-state index is 14.0. The lowest BCUT2D eigenvalue weighted by molar-refractivity contribution is 0.194. The molecule has 7 heteroatoms. The van der Waals surface area contributed by atoms with Gasteiger partial charge in [-0.15, -0.1) is 11.3 Å². The zero-order chi connectivity index (χ0) is 24.6. The lowest BCUT2D eigenvalue weighted by Gasteiger charge is -2.32. The first kappa shape index (κ1) is 22.9. The average molecular weight is 499 g/mol. The van der Waals surface area contributed by atoms with Gasteiger partial charge in [-0.25, -0.2) is 4.79 Å². The fraction of sp³-hybridized carbons (Fsp3) is 0.276. The zero-order valence-corrected chi connectivity index (χ0v) is 21.4. The van der Waals surface area contributed by atoms with Crippen LogP contribution in [0.2, 0.25) is 0 Å². The molecule has 2 aliphatic heterocycles. The molecule has 1 N–H and O–H groups in total. The molecule has 2 amide bonds. The molecule has 1 atom stereocenters. The summed E-state index contributed by atoms with van der Waals surface area (Å²) in [5.41, 5.74) is 5.65. The number of hydrogen-bond donors (Lipinski definition) is 1. The van der Waals surface area contributed by atoms with Crippen molar-refractivity contribution in [3.8, 4) is 10.8 Å². The topological polar surface area (TPSA) is 49.7 Å². The minimum absolute atomic E-state index is 0.110. The number of carbonyl (C=O) groups is 1. The Morgan fingerprint density at radius 2 is 1.83 bits per heavy atom. The third-order valence-electron chi connectivity index (χ3n) is 7.05. The maximum Gasteiger partial charge on any atom is 0.322 e. The van der Waals surface area contributed by atoms with Crippen molar-refractivity contribution in [2.45, 2.75) is 32.5 Å². The Balaban J connectivity index is 1.43. The Bertz CT molecular complexity index is 1380. The van der Waals surface area contributed by atoms with Crippen LogP contribution in [0.1, 0.15) is 40.2 Å². The number of carbonyl (C=O) groups excluding carboxylic acids is 1. The quantitative estimate of drug-likeness (QED) is 0.372. The van der Waals surface area contributed by atoms with Crippen LogP contribution in [0.25, 0.3) is 5.00 Å².